The molecule has 2 heterocycles. The number of carboxylic acids is 1. The molecule has 3 N–H and O–H groups in total. The fourth-order valence-corrected chi connectivity index (χ4v) is 3.55. The minimum Gasteiger partial charge on any atom is -0.490 e. The number of benzene rings is 2. The van der Waals surface area contributed by atoms with Crippen molar-refractivity contribution in [2.24, 2.45) is 0 Å². The summed E-state index contributed by atoms with van der Waals surface area (Å²) in [4.78, 5) is 33.0. The Hall–Kier alpha value is -4.63. The predicted octanol–water partition coefficient (Wildman–Crippen LogP) is 5.07. The Morgan fingerprint density at radius 2 is 1.84 bits per heavy atom. The number of carboxylic acid groups (broad SMARTS) is 1. The molecular formula is C28H28N4O5. The van der Waals surface area contributed by atoms with Gasteiger partial charge in [-0.3, -0.25) is 4.79 Å². The zero-order chi connectivity index (χ0) is 26.4. The highest BCUT2D eigenvalue weighted by Crippen LogP contribution is 2.29. The SMILES string of the molecule is Cc1ccc(OCCN(C)C)c(NC(=O)c2cc(-c3cccc(Oc4ccnc(C(=O)O)c4)c3)c[nH]2)c1. The Labute approximate surface area is 214 Å². The minimum absolute atomic E-state index is 0.102. The number of carbonyl (C=O) groups is 2. The van der Waals surface area contributed by atoms with Crippen molar-refractivity contribution in [3.8, 4) is 28.4 Å². The quantitative estimate of drug-likeness (QED) is 0.278. The number of hydrogen-bond donors (Lipinski definition) is 3. The van der Waals surface area contributed by atoms with Gasteiger partial charge in [0.1, 0.15) is 29.5 Å². The Balaban J connectivity index is 1.48. The van der Waals surface area contributed by atoms with Crippen LogP contribution in [0.2, 0.25) is 0 Å². The number of aryl methyl sites for hydroxylation is 1. The van der Waals surface area contributed by atoms with Gasteiger partial charge in [0.2, 0.25) is 0 Å². The molecule has 2 aromatic carbocycles. The lowest BCUT2D eigenvalue weighted by Gasteiger charge is -2.15. The van der Waals surface area contributed by atoms with Crippen LogP contribution in [0.3, 0.4) is 0 Å². The fraction of sp³-hybridized carbons (Fsp3) is 0.179. The first-order valence-corrected chi connectivity index (χ1v) is 11.6. The van der Waals surface area contributed by atoms with Gasteiger partial charge in [0, 0.05) is 30.6 Å². The van der Waals surface area contributed by atoms with E-state index < -0.39 is 5.97 Å². The Kier molecular flexibility index (Phi) is 7.85. The molecule has 0 saturated heterocycles. The maximum absolute atomic E-state index is 13.0. The van der Waals surface area contributed by atoms with E-state index in [1.165, 1.54) is 12.3 Å². The molecule has 37 heavy (non-hydrogen) atoms. The summed E-state index contributed by atoms with van der Waals surface area (Å²) in [6.07, 6.45) is 3.13. The Bertz CT molecular complexity index is 1410. The minimum atomic E-state index is -1.13. The normalized spacial score (nSPS) is 10.8. The number of ether oxygens (including phenoxy) is 2. The molecule has 0 fully saturated rings. The molecule has 0 unspecified atom stereocenters. The van der Waals surface area contributed by atoms with Crippen LogP contribution < -0.4 is 14.8 Å². The molecule has 190 valence electrons. The lowest BCUT2D eigenvalue weighted by Crippen LogP contribution is -2.20. The summed E-state index contributed by atoms with van der Waals surface area (Å²) in [5.41, 5.74) is 3.52. The van der Waals surface area contributed by atoms with Crippen LogP contribution in [0.15, 0.2) is 73.1 Å². The highest BCUT2D eigenvalue weighted by molar-refractivity contribution is 6.04. The molecule has 0 aliphatic carbocycles. The van der Waals surface area contributed by atoms with E-state index in [4.69, 9.17) is 14.6 Å². The van der Waals surface area contributed by atoms with E-state index in [9.17, 15) is 9.59 Å². The molecule has 0 saturated carbocycles. The second kappa shape index (κ2) is 11.4. The summed E-state index contributed by atoms with van der Waals surface area (Å²) in [6, 6.07) is 17.7. The van der Waals surface area contributed by atoms with Gasteiger partial charge in [-0.2, -0.15) is 0 Å². The molecule has 4 aromatic rings. The van der Waals surface area contributed by atoms with Gasteiger partial charge in [0.25, 0.3) is 5.91 Å². The summed E-state index contributed by atoms with van der Waals surface area (Å²) in [7, 11) is 3.94. The van der Waals surface area contributed by atoms with Gasteiger partial charge in [0.05, 0.1) is 5.69 Å². The van der Waals surface area contributed by atoms with E-state index in [1.807, 2.05) is 62.3 Å². The van der Waals surface area contributed by atoms with Gasteiger partial charge >= 0.3 is 5.97 Å². The number of aromatic carboxylic acids is 1. The molecule has 0 atom stereocenters. The van der Waals surface area contributed by atoms with E-state index in [0.29, 0.717) is 35.2 Å². The number of pyridine rings is 1. The summed E-state index contributed by atoms with van der Waals surface area (Å²) in [5, 5.41) is 12.1. The van der Waals surface area contributed by atoms with Crippen LogP contribution >= 0.6 is 0 Å². The third-order valence-electron chi connectivity index (χ3n) is 5.46. The van der Waals surface area contributed by atoms with Crippen LogP contribution in [0.1, 0.15) is 26.5 Å². The van der Waals surface area contributed by atoms with Gasteiger partial charge < -0.3 is 29.8 Å². The predicted molar refractivity (Wildman–Crippen MR) is 141 cm³/mol. The van der Waals surface area contributed by atoms with Crippen molar-refractivity contribution in [1.29, 1.82) is 0 Å². The van der Waals surface area contributed by atoms with Gasteiger partial charge in [0.15, 0.2) is 5.69 Å². The summed E-state index contributed by atoms with van der Waals surface area (Å²) in [6.45, 7) is 3.21. The van der Waals surface area contributed by atoms with E-state index in [-0.39, 0.29) is 11.6 Å². The Morgan fingerprint density at radius 3 is 2.62 bits per heavy atom. The second-order valence-corrected chi connectivity index (χ2v) is 8.72. The smallest absolute Gasteiger partial charge is 0.354 e. The molecule has 4 rings (SSSR count). The van der Waals surface area contributed by atoms with E-state index in [2.05, 4.69) is 15.3 Å². The summed E-state index contributed by atoms with van der Waals surface area (Å²) in [5.74, 6) is 0.0708. The topological polar surface area (TPSA) is 117 Å². The first kappa shape index (κ1) is 25.5. The molecule has 0 spiro atoms. The third-order valence-corrected chi connectivity index (χ3v) is 5.46. The summed E-state index contributed by atoms with van der Waals surface area (Å²) < 4.78 is 11.7. The number of rotatable bonds is 10. The number of aromatic amines is 1. The molecular weight excluding hydrogens is 472 g/mol. The van der Waals surface area contributed by atoms with Crippen LogP contribution in [-0.4, -0.2) is 59.1 Å². The number of nitrogens with one attached hydrogen (secondary N) is 2. The maximum atomic E-state index is 13.0. The largest absolute Gasteiger partial charge is 0.490 e. The zero-order valence-corrected chi connectivity index (χ0v) is 20.8. The van der Waals surface area contributed by atoms with Crippen LogP contribution in [0.25, 0.3) is 11.1 Å². The molecule has 1 amide bonds. The lowest BCUT2D eigenvalue weighted by atomic mass is 10.1. The van der Waals surface area contributed by atoms with Crippen molar-refractivity contribution in [3.05, 3.63) is 90.0 Å². The van der Waals surface area contributed by atoms with Gasteiger partial charge in [-0.05, 0) is 68.5 Å². The van der Waals surface area contributed by atoms with Crippen LogP contribution in [-0.2, 0) is 0 Å². The average Bonchev–Trinajstić information content (AvgIpc) is 3.36. The van der Waals surface area contributed by atoms with E-state index in [0.717, 1.165) is 23.2 Å². The molecule has 2 aromatic heterocycles. The van der Waals surface area contributed by atoms with E-state index >= 15 is 0 Å². The van der Waals surface area contributed by atoms with Gasteiger partial charge in [-0.1, -0.05) is 18.2 Å². The lowest BCUT2D eigenvalue weighted by molar-refractivity contribution is 0.0690. The number of hydrogen-bond acceptors (Lipinski definition) is 6. The number of anilines is 1. The van der Waals surface area contributed by atoms with Crippen LogP contribution in [0.5, 0.6) is 17.2 Å². The highest BCUT2D eigenvalue weighted by Gasteiger charge is 2.14. The molecule has 0 radical (unpaired) electrons. The number of carbonyl (C=O) groups excluding carboxylic acids is 1. The van der Waals surface area contributed by atoms with Crippen molar-refractivity contribution in [2.45, 2.75) is 6.92 Å². The standard InChI is InChI=1S/C28H28N4O5/c1-18-7-8-26(36-12-11-32(2)3)23(13-18)31-27(33)24-15-20(17-30-24)19-5-4-6-21(14-19)37-22-9-10-29-25(16-22)28(34)35/h4-10,13-17,30H,11-12H2,1-3H3,(H,31,33)(H,34,35). The number of likely N-dealkylation sites (N-methyl/N-ethyl adjacent to an activating group) is 1. The Morgan fingerprint density at radius 1 is 1.03 bits per heavy atom. The number of aromatic nitrogens is 2. The second-order valence-electron chi connectivity index (χ2n) is 8.72. The van der Waals surface area contributed by atoms with Crippen molar-refractivity contribution in [1.82, 2.24) is 14.9 Å². The average molecular weight is 501 g/mol. The fourth-order valence-electron chi connectivity index (χ4n) is 3.55. The van der Waals surface area contributed by atoms with Crippen LogP contribution in [0.4, 0.5) is 5.69 Å². The molecule has 0 bridgehead atoms. The first-order chi connectivity index (χ1) is 17.8. The molecule has 9 heteroatoms. The van der Waals surface area contributed by atoms with Crippen molar-refractivity contribution in [2.75, 3.05) is 32.6 Å². The number of nitrogens with zero attached hydrogens (tertiary/aromatic N) is 2. The van der Waals surface area contributed by atoms with Crippen LogP contribution in [0, 0.1) is 6.92 Å². The van der Waals surface area contributed by atoms with Gasteiger partial charge in [-0.25, -0.2) is 9.78 Å². The third kappa shape index (κ3) is 6.74. The number of amides is 1. The van der Waals surface area contributed by atoms with Crippen molar-refractivity contribution >= 4 is 17.6 Å². The van der Waals surface area contributed by atoms with Gasteiger partial charge in [-0.15, -0.1) is 0 Å². The van der Waals surface area contributed by atoms with Crippen molar-refractivity contribution < 1.29 is 24.2 Å². The highest BCUT2D eigenvalue weighted by atomic mass is 16.5. The van der Waals surface area contributed by atoms with Crippen molar-refractivity contribution in [3.63, 3.8) is 0 Å². The summed E-state index contributed by atoms with van der Waals surface area (Å²) >= 11 is 0. The number of H-pyrrole nitrogens is 1. The first-order valence-electron chi connectivity index (χ1n) is 11.6. The molecule has 0 aliphatic rings. The maximum Gasteiger partial charge on any atom is 0.354 e. The van der Waals surface area contributed by atoms with E-state index in [1.54, 1.807) is 24.4 Å². The zero-order valence-electron chi connectivity index (χ0n) is 20.8. The molecule has 9 nitrogen and oxygen atoms in total. The monoisotopic (exact) mass is 500 g/mol. The molecule has 0 aliphatic heterocycles.